The molecule has 1 aliphatic carbocycles. The minimum Gasteiger partial charge on any atom is -0.382 e. The first kappa shape index (κ1) is 17.8. The van der Waals surface area contributed by atoms with Gasteiger partial charge in [-0.3, -0.25) is 0 Å². The highest BCUT2D eigenvalue weighted by Crippen LogP contribution is 2.31. The molecule has 25 heavy (non-hydrogen) atoms. The van der Waals surface area contributed by atoms with Gasteiger partial charge in [0.2, 0.25) is 0 Å². The van der Waals surface area contributed by atoms with Crippen LogP contribution in [0.1, 0.15) is 42.8 Å². The molecule has 0 spiro atoms. The van der Waals surface area contributed by atoms with E-state index in [1.807, 2.05) is 0 Å². The summed E-state index contributed by atoms with van der Waals surface area (Å²) in [5, 5.41) is 5.38. The molecule has 0 saturated carbocycles. The maximum Gasteiger partial charge on any atom is 0.314 e. The molecule has 136 valence electrons. The average Bonchev–Trinajstić information content (AvgIpc) is 2.99. The fraction of sp³-hybridized carbons (Fsp3) is 0.588. The molecular formula is C17H25ClN6O. The number of aryl methyl sites for hydroxylation is 3. The zero-order chi connectivity index (χ0) is 17.8. The molecule has 0 bridgehead atoms. The van der Waals surface area contributed by atoms with E-state index in [0.717, 1.165) is 67.6 Å². The van der Waals surface area contributed by atoms with Crippen LogP contribution in [0, 0.1) is 0 Å². The highest BCUT2D eigenvalue weighted by molar-refractivity contribution is 6.17. The van der Waals surface area contributed by atoms with Gasteiger partial charge in [0, 0.05) is 25.2 Å². The van der Waals surface area contributed by atoms with Gasteiger partial charge in [-0.1, -0.05) is 0 Å². The van der Waals surface area contributed by atoms with Gasteiger partial charge in [-0.25, -0.2) is 14.8 Å². The van der Waals surface area contributed by atoms with Crippen LogP contribution in [0.4, 0.5) is 10.6 Å². The summed E-state index contributed by atoms with van der Waals surface area (Å²) < 4.78 is 2.19. The van der Waals surface area contributed by atoms with Crippen molar-refractivity contribution in [3.05, 3.63) is 17.1 Å². The topological polar surface area (TPSA) is 97.9 Å². The zero-order valence-corrected chi connectivity index (χ0v) is 15.3. The Morgan fingerprint density at radius 1 is 1.28 bits per heavy atom. The number of amides is 2. The summed E-state index contributed by atoms with van der Waals surface area (Å²) >= 11 is 5.84. The Kier molecular flexibility index (Phi) is 5.63. The molecule has 1 aliphatic rings. The van der Waals surface area contributed by atoms with Gasteiger partial charge in [-0.05, 0) is 44.1 Å². The summed E-state index contributed by atoms with van der Waals surface area (Å²) in [5.41, 5.74) is 10.4. The van der Waals surface area contributed by atoms with Crippen molar-refractivity contribution in [2.45, 2.75) is 51.6 Å². The molecule has 0 fully saturated rings. The Balaban J connectivity index is 2.05. The van der Waals surface area contributed by atoms with Crippen molar-refractivity contribution in [2.75, 3.05) is 18.7 Å². The number of hydrogen-bond donors (Lipinski definition) is 3. The van der Waals surface area contributed by atoms with Gasteiger partial charge in [0.1, 0.15) is 11.3 Å². The highest BCUT2D eigenvalue weighted by atomic mass is 35.5. The molecule has 0 radical (unpaired) electrons. The third-order valence-corrected chi connectivity index (χ3v) is 4.94. The van der Waals surface area contributed by atoms with Crippen LogP contribution in [0.5, 0.6) is 0 Å². The van der Waals surface area contributed by atoms with Crippen LogP contribution in [0.25, 0.3) is 11.0 Å². The molecule has 0 aliphatic heterocycles. The molecule has 0 unspecified atom stereocenters. The maximum atomic E-state index is 11.6. The van der Waals surface area contributed by atoms with Gasteiger partial charge < -0.3 is 20.9 Å². The monoisotopic (exact) mass is 364 g/mol. The minimum atomic E-state index is -0.229. The van der Waals surface area contributed by atoms with E-state index in [1.165, 1.54) is 5.56 Å². The predicted molar refractivity (Wildman–Crippen MR) is 99.8 cm³/mol. The summed E-state index contributed by atoms with van der Waals surface area (Å²) in [6, 6.07) is -0.229. The SMILES string of the molecule is CNC(=O)NCc1nc2c(N)nc3c(c2n1CCCCCl)CCCC3. The summed E-state index contributed by atoms with van der Waals surface area (Å²) in [6.45, 7) is 1.16. The van der Waals surface area contributed by atoms with Crippen molar-refractivity contribution >= 4 is 34.5 Å². The van der Waals surface area contributed by atoms with Crippen molar-refractivity contribution in [1.29, 1.82) is 0 Å². The minimum absolute atomic E-state index is 0.229. The number of nitrogens with one attached hydrogen (secondary N) is 2. The lowest BCUT2D eigenvalue weighted by molar-refractivity contribution is 0.242. The predicted octanol–water partition coefficient (Wildman–Crippen LogP) is 2.34. The Hall–Kier alpha value is -2.02. The number of carbonyl (C=O) groups excluding carboxylic acids is 1. The molecule has 2 heterocycles. The molecule has 0 atom stereocenters. The number of aromatic nitrogens is 3. The number of halogens is 1. The molecule has 0 saturated heterocycles. The fourth-order valence-corrected chi connectivity index (χ4v) is 3.63. The Labute approximate surface area is 152 Å². The maximum absolute atomic E-state index is 11.6. The van der Waals surface area contributed by atoms with Crippen LogP contribution in [0.3, 0.4) is 0 Å². The number of carbonyl (C=O) groups is 1. The van der Waals surface area contributed by atoms with E-state index in [0.29, 0.717) is 18.2 Å². The van der Waals surface area contributed by atoms with E-state index in [9.17, 15) is 4.79 Å². The normalized spacial score (nSPS) is 13.7. The summed E-state index contributed by atoms with van der Waals surface area (Å²) in [5.74, 6) is 1.92. The van der Waals surface area contributed by atoms with Gasteiger partial charge in [0.05, 0.1) is 12.1 Å². The van der Waals surface area contributed by atoms with Gasteiger partial charge in [0.15, 0.2) is 5.82 Å². The van der Waals surface area contributed by atoms with Crippen LogP contribution >= 0.6 is 11.6 Å². The first-order valence-electron chi connectivity index (χ1n) is 8.83. The molecule has 7 nitrogen and oxygen atoms in total. The quantitative estimate of drug-likeness (QED) is 0.541. The molecule has 4 N–H and O–H groups in total. The van der Waals surface area contributed by atoms with Gasteiger partial charge in [-0.2, -0.15) is 0 Å². The number of nitrogen functional groups attached to an aromatic ring is 1. The van der Waals surface area contributed by atoms with Gasteiger partial charge >= 0.3 is 6.03 Å². The Bertz CT molecular complexity index is 772. The van der Waals surface area contributed by atoms with Crippen molar-refractivity contribution < 1.29 is 4.79 Å². The standard InChI is InChI=1S/C17H25ClN6O/c1-20-17(25)21-10-13-23-14-15(24(13)9-5-4-8-18)11-6-2-3-7-12(11)22-16(14)19/h2-10H2,1H3,(H2,19,22)(H2,20,21,25). The lowest BCUT2D eigenvalue weighted by Gasteiger charge is -2.18. The number of rotatable bonds is 6. The summed E-state index contributed by atoms with van der Waals surface area (Å²) in [6.07, 6.45) is 6.17. The van der Waals surface area contributed by atoms with Crippen molar-refractivity contribution in [3.8, 4) is 0 Å². The number of fused-ring (bicyclic) bond motifs is 3. The van der Waals surface area contributed by atoms with E-state index < -0.39 is 0 Å². The lowest BCUT2D eigenvalue weighted by atomic mass is 9.95. The van der Waals surface area contributed by atoms with Crippen LogP contribution in [-0.4, -0.2) is 33.5 Å². The van der Waals surface area contributed by atoms with Crippen LogP contribution in [-0.2, 0) is 25.9 Å². The van der Waals surface area contributed by atoms with E-state index in [4.69, 9.17) is 22.3 Å². The van der Waals surface area contributed by atoms with Crippen LogP contribution < -0.4 is 16.4 Å². The number of alkyl halides is 1. The largest absolute Gasteiger partial charge is 0.382 e. The summed E-state index contributed by atoms with van der Waals surface area (Å²) in [7, 11) is 1.59. The Morgan fingerprint density at radius 3 is 2.84 bits per heavy atom. The highest BCUT2D eigenvalue weighted by Gasteiger charge is 2.22. The van der Waals surface area contributed by atoms with Crippen molar-refractivity contribution in [3.63, 3.8) is 0 Å². The smallest absolute Gasteiger partial charge is 0.314 e. The molecule has 2 aromatic heterocycles. The molecular weight excluding hydrogens is 340 g/mol. The van der Waals surface area contributed by atoms with Crippen molar-refractivity contribution in [1.82, 2.24) is 25.2 Å². The number of nitrogens with two attached hydrogens (primary N) is 1. The number of urea groups is 1. The average molecular weight is 365 g/mol. The third kappa shape index (κ3) is 3.66. The fourth-order valence-electron chi connectivity index (χ4n) is 3.44. The van der Waals surface area contributed by atoms with Crippen LogP contribution in [0.2, 0.25) is 0 Å². The number of pyridine rings is 1. The van der Waals surface area contributed by atoms with E-state index in [1.54, 1.807) is 7.05 Å². The summed E-state index contributed by atoms with van der Waals surface area (Å²) in [4.78, 5) is 20.8. The second-order valence-electron chi connectivity index (χ2n) is 6.34. The third-order valence-electron chi connectivity index (χ3n) is 4.67. The Morgan fingerprint density at radius 2 is 2.08 bits per heavy atom. The first-order chi connectivity index (χ1) is 12.2. The molecule has 0 aromatic carbocycles. The lowest BCUT2D eigenvalue weighted by Crippen LogP contribution is -2.33. The number of hydrogen-bond acceptors (Lipinski definition) is 4. The number of unbranched alkanes of at least 4 members (excludes halogenated alkanes) is 1. The van der Waals surface area contributed by atoms with Crippen LogP contribution in [0.15, 0.2) is 0 Å². The van der Waals surface area contributed by atoms with E-state index in [-0.39, 0.29) is 6.03 Å². The number of imidazole rings is 1. The number of nitrogens with zero attached hydrogens (tertiary/aromatic N) is 3. The molecule has 8 heteroatoms. The molecule has 3 rings (SSSR count). The van der Waals surface area contributed by atoms with Crippen molar-refractivity contribution in [2.24, 2.45) is 0 Å². The second-order valence-corrected chi connectivity index (χ2v) is 6.71. The van der Waals surface area contributed by atoms with Gasteiger partial charge in [0.25, 0.3) is 0 Å². The molecule has 2 amide bonds. The van der Waals surface area contributed by atoms with Gasteiger partial charge in [-0.15, -0.1) is 11.6 Å². The number of anilines is 1. The van der Waals surface area contributed by atoms with E-state index in [2.05, 4.69) is 20.2 Å². The second kappa shape index (κ2) is 7.91. The van der Waals surface area contributed by atoms with E-state index >= 15 is 0 Å². The first-order valence-corrected chi connectivity index (χ1v) is 9.37. The zero-order valence-electron chi connectivity index (χ0n) is 14.6. The molecule has 2 aromatic rings.